The second-order valence-electron chi connectivity index (χ2n) is 10.2. The third-order valence-electron chi connectivity index (χ3n) is 7.20. The molecule has 3 unspecified atom stereocenters. The molecule has 3 rings (SSSR count). The Balaban J connectivity index is 1.87. The van der Waals surface area contributed by atoms with E-state index in [9.17, 15) is 13.2 Å². The number of halogens is 7. The molecular formula is C29H35ClF6O. The molecule has 206 valence electrons. The van der Waals surface area contributed by atoms with Crippen LogP contribution in [0.4, 0.5) is 26.3 Å². The lowest BCUT2D eigenvalue weighted by Crippen LogP contribution is -2.33. The lowest BCUT2D eigenvalue weighted by molar-refractivity contribution is -0.0484. The van der Waals surface area contributed by atoms with Gasteiger partial charge in [-0.1, -0.05) is 65.0 Å². The molecule has 1 nitrogen and oxygen atoms in total. The van der Waals surface area contributed by atoms with Gasteiger partial charge >= 0.3 is 0 Å². The molecule has 0 saturated heterocycles. The van der Waals surface area contributed by atoms with Crippen molar-refractivity contribution in [2.75, 3.05) is 6.61 Å². The maximum atomic E-state index is 15.6. The zero-order chi connectivity index (χ0) is 27.3. The summed E-state index contributed by atoms with van der Waals surface area (Å²) >= 11 is 6.12. The summed E-state index contributed by atoms with van der Waals surface area (Å²) in [6.07, 6.45) is 5.13. The third-order valence-corrected chi connectivity index (χ3v) is 7.54. The first-order chi connectivity index (χ1) is 17.5. The maximum absolute atomic E-state index is 15.6. The molecule has 0 aliphatic heterocycles. The average molecular weight is 549 g/mol. The van der Waals surface area contributed by atoms with E-state index in [0.717, 1.165) is 44.2 Å². The number of fused-ring (bicyclic) bond motifs is 1. The van der Waals surface area contributed by atoms with E-state index in [2.05, 4.69) is 0 Å². The Labute approximate surface area is 220 Å². The second-order valence-corrected chi connectivity index (χ2v) is 10.8. The summed E-state index contributed by atoms with van der Waals surface area (Å²) in [6, 6.07) is 3.43. The number of hydrogen-bond donors (Lipinski definition) is 0. The van der Waals surface area contributed by atoms with Crippen LogP contribution in [0.2, 0.25) is 0 Å². The number of hydrogen-bond acceptors (Lipinski definition) is 1. The summed E-state index contributed by atoms with van der Waals surface area (Å²) in [6.45, 7) is 5.88. The fraction of sp³-hybridized carbons (Fsp3) is 0.586. The van der Waals surface area contributed by atoms with Crippen molar-refractivity contribution in [1.82, 2.24) is 0 Å². The summed E-state index contributed by atoms with van der Waals surface area (Å²) in [5.41, 5.74) is -1.57. The monoisotopic (exact) mass is 548 g/mol. The highest BCUT2D eigenvalue weighted by Crippen LogP contribution is 2.52. The molecule has 0 radical (unpaired) electrons. The van der Waals surface area contributed by atoms with Gasteiger partial charge in [0, 0.05) is 5.56 Å². The first kappa shape index (κ1) is 29.7. The van der Waals surface area contributed by atoms with Gasteiger partial charge in [-0.3, -0.25) is 0 Å². The summed E-state index contributed by atoms with van der Waals surface area (Å²) in [7, 11) is 0. The summed E-state index contributed by atoms with van der Waals surface area (Å²) in [5.74, 6) is -11.9. The second kappa shape index (κ2) is 12.8. The van der Waals surface area contributed by atoms with Crippen molar-refractivity contribution in [1.29, 1.82) is 0 Å². The molecular weight excluding hydrogens is 514 g/mol. The van der Waals surface area contributed by atoms with Crippen LogP contribution in [0.1, 0.15) is 93.9 Å². The largest absolute Gasteiger partial charge is 0.489 e. The normalized spacial score (nSPS) is 18.4. The molecule has 3 atom stereocenters. The Kier molecular flexibility index (Phi) is 10.2. The van der Waals surface area contributed by atoms with Crippen molar-refractivity contribution in [3.63, 3.8) is 0 Å². The van der Waals surface area contributed by atoms with Crippen molar-refractivity contribution in [3.8, 4) is 5.75 Å². The van der Waals surface area contributed by atoms with Gasteiger partial charge in [0.1, 0.15) is 6.61 Å². The third kappa shape index (κ3) is 6.58. The predicted octanol–water partition coefficient (Wildman–Crippen LogP) is 9.61. The number of unbranched alkanes of at least 4 members (excludes halogenated alkanes) is 2. The van der Waals surface area contributed by atoms with E-state index >= 15 is 13.2 Å². The molecule has 1 aliphatic rings. The number of alkyl halides is 3. The molecule has 0 heterocycles. The highest BCUT2D eigenvalue weighted by Gasteiger charge is 2.50. The smallest absolute Gasteiger partial charge is 0.283 e. The Hall–Kier alpha value is -1.89. The van der Waals surface area contributed by atoms with Crippen LogP contribution in [-0.4, -0.2) is 12.0 Å². The Morgan fingerprint density at radius 3 is 2.32 bits per heavy atom. The first-order valence-corrected chi connectivity index (χ1v) is 13.6. The van der Waals surface area contributed by atoms with Crippen molar-refractivity contribution < 1.29 is 31.1 Å². The van der Waals surface area contributed by atoms with Gasteiger partial charge in [-0.05, 0) is 48.8 Å². The molecule has 0 bridgehead atoms. The molecule has 0 saturated carbocycles. The lowest BCUT2D eigenvalue weighted by atomic mass is 9.75. The molecule has 0 spiro atoms. The summed E-state index contributed by atoms with van der Waals surface area (Å²) < 4.78 is 96.2. The molecule has 37 heavy (non-hydrogen) atoms. The zero-order valence-corrected chi connectivity index (χ0v) is 22.3. The van der Waals surface area contributed by atoms with Crippen LogP contribution in [0, 0.1) is 29.2 Å². The molecule has 0 fully saturated rings. The van der Waals surface area contributed by atoms with Crippen LogP contribution < -0.4 is 4.74 Å². The van der Waals surface area contributed by atoms with Gasteiger partial charge in [-0.25, -0.2) is 22.0 Å². The van der Waals surface area contributed by atoms with E-state index in [1.54, 1.807) is 0 Å². The van der Waals surface area contributed by atoms with Crippen molar-refractivity contribution in [2.24, 2.45) is 5.92 Å². The van der Waals surface area contributed by atoms with Gasteiger partial charge in [0.15, 0.2) is 23.2 Å². The highest BCUT2D eigenvalue weighted by atomic mass is 35.5. The number of rotatable bonds is 12. The van der Waals surface area contributed by atoms with E-state index in [0.29, 0.717) is 6.42 Å². The van der Waals surface area contributed by atoms with E-state index < -0.39 is 57.4 Å². The molecule has 8 heteroatoms. The van der Waals surface area contributed by atoms with Crippen molar-refractivity contribution in [3.05, 3.63) is 63.7 Å². The number of ether oxygens (including phenoxy) is 1. The zero-order valence-electron chi connectivity index (χ0n) is 21.6. The molecule has 2 aromatic carbocycles. The maximum Gasteiger partial charge on any atom is 0.283 e. The van der Waals surface area contributed by atoms with Crippen LogP contribution >= 0.6 is 11.6 Å². The van der Waals surface area contributed by atoms with Crippen LogP contribution in [0.25, 0.3) is 0 Å². The van der Waals surface area contributed by atoms with Gasteiger partial charge in [-0.2, -0.15) is 4.39 Å². The van der Waals surface area contributed by atoms with Crippen LogP contribution in [-0.2, 0) is 18.8 Å². The van der Waals surface area contributed by atoms with Crippen molar-refractivity contribution in [2.45, 2.75) is 95.8 Å². The molecule has 1 aliphatic carbocycles. The van der Waals surface area contributed by atoms with Gasteiger partial charge < -0.3 is 4.74 Å². The molecule has 0 amide bonds. The fourth-order valence-electron chi connectivity index (χ4n) is 5.10. The first-order valence-electron chi connectivity index (χ1n) is 13.2. The van der Waals surface area contributed by atoms with E-state index in [-0.39, 0.29) is 42.9 Å². The number of benzene rings is 2. The van der Waals surface area contributed by atoms with Gasteiger partial charge in [0.2, 0.25) is 5.82 Å². The van der Waals surface area contributed by atoms with Crippen LogP contribution in [0.5, 0.6) is 5.75 Å². The van der Waals surface area contributed by atoms with E-state index in [1.807, 2.05) is 20.8 Å². The van der Waals surface area contributed by atoms with E-state index in [1.165, 1.54) is 6.07 Å². The van der Waals surface area contributed by atoms with E-state index in [4.69, 9.17) is 16.3 Å². The lowest BCUT2D eigenvalue weighted by Gasteiger charge is -2.34. The summed E-state index contributed by atoms with van der Waals surface area (Å²) in [5, 5.41) is -0.404. The Bertz CT molecular complexity index is 1070. The summed E-state index contributed by atoms with van der Waals surface area (Å²) in [4.78, 5) is 0. The van der Waals surface area contributed by atoms with Crippen LogP contribution in [0.15, 0.2) is 18.2 Å². The molecule has 0 aromatic heterocycles. The number of aryl methyl sites for hydroxylation is 1. The quantitative estimate of drug-likeness (QED) is 0.189. The van der Waals surface area contributed by atoms with Crippen LogP contribution in [0.3, 0.4) is 0 Å². The molecule has 2 aromatic rings. The SMILES string of the molecule is CCCCC(C)Cc1cc2c(c(F)c1F)C(F)(F)C(c1ccc(OCC(Cl)CCCC)c(F)c1F)CC2. The van der Waals surface area contributed by atoms with Gasteiger partial charge in [0.05, 0.1) is 16.9 Å². The van der Waals surface area contributed by atoms with Crippen molar-refractivity contribution >= 4 is 11.6 Å². The topological polar surface area (TPSA) is 9.23 Å². The minimum Gasteiger partial charge on any atom is -0.489 e. The minimum atomic E-state index is -3.93. The molecule has 0 N–H and O–H groups in total. The average Bonchev–Trinajstić information content (AvgIpc) is 2.85. The fourth-order valence-corrected chi connectivity index (χ4v) is 5.31. The van der Waals surface area contributed by atoms with Gasteiger partial charge in [-0.15, -0.1) is 11.6 Å². The Morgan fingerprint density at radius 1 is 0.973 bits per heavy atom. The van der Waals surface area contributed by atoms with Gasteiger partial charge in [0.25, 0.3) is 5.92 Å². The Morgan fingerprint density at radius 2 is 1.65 bits per heavy atom. The predicted molar refractivity (Wildman–Crippen MR) is 135 cm³/mol. The highest BCUT2D eigenvalue weighted by molar-refractivity contribution is 6.20. The standard InChI is InChI=1S/C29H35ClF6O/c1-4-6-8-17(3)14-19-15-18-10-12-22(29(35,36)24(18)28(34)25(19)31)21-11-13-23(27(33)26(21)32)37-16-20(30)9-7-5-2/h11,13,15,17,20,22H,4-10,12,14,16H2,1-3H3. The minimum absolute atomic E-state index is 0.00615.